The largest absolute Gasteiger partial charge is 0.457 e. The number of hydrogen-bond acceptors (Lipinski definition) is 8. The molecular formula is C18H17NO8S. The van der Waals surface area contributed by atoms with Gasteiger partial charge in [0, 0.05) is 18.6 Å². The summed E-state index contributed by atoms with van der Waals surface area (Å²) in [4.78, 5) is 33.3. The average molecular weight is 407 g/mol. The Bertz CT molecular complexity index is 939. The fourth-order valence-electron chi connectivity index (χ4n) is 2.15. The van der Waals surface area contributed by atoms with Crippen LogP contribution in [0, 0.1) is 10.1 Å². The monoisotopic (exact) mass is 407 g/mol. The van der Waals surface area contributed by atoms with E-state index < -0.39 is 39.1 Å². The van der Waals surface area contributed by atoms with Gasteiger partial charge < -0.3 is 9.47 Å². The molecule has 2 rings (SSSR count). The zero-order chi connectivity index (χ0) is 20.6. The predicted octanol–water partition coefficient (Wildman–Crippen LogP) is 1.70. The third-order valence-electron chi connectivity index (χ3n) is 3.63. The first-order valence-electron chi connectivity index (χ1n) is 8.14. The number of ether oxygens (including phenoxy) is 2. The Kier molecular flexibility index (Phi) is 7.21. The minimum atomic E-state index is -3.62. The first-order chi connectivity index (χ1) is 13.3. The molecule has 0 saturated heterocycles. The van der Waals surface area contributed by atoms with E-state index in [-0.39, 0.29) is 23.6 Å². The summed E-state index contributed by atoms with van der Waals surface area (Å²) >= 11 is 0. The van der Waals surface area contributed by atoms with Crippen LogP contribution in [0.3, 0.4) is 0 Å². The number of non-ortho nitro benzene ring substituents is 1. The maximum atomic E-state index is 12.0. The third-order valence-corrected chi connectivity index (χ3v) is 5.32. The van der Waals surface area contributed by atoms with Gasteiger partial charge in [-0.15, -0.1) is 0 Å². The van der Waals surface area contributed by atoms with Crippen molar-refractivity contribution < 1.29 is 32.4 Å². The number of esters is 2. The minimum absolute atomic E-state index is 0.0604. The zero-order valence-corrected chi connectivity index (χ0v) is 15.5. The topological polar surface area (TPSA) is 130 Å². The fourth-order valence-corrected chi connectivity index (χ4v) is 3.26. The summed E-state index contributed by atoms with van der Waals surface area (Å²) in [5.74, 6) is -2.98. The molecule has 0 radical (unpaired) electrons. The molecule has 9 nitrogen and oxygen atoms in total. The molecule has 0 spiro atoms. The molecule has 0 aliphatic heterocycles. The number of nitro groups is 1. The van der Waals surface area contributed by atoms with Crippen LogP contribution in [0.1, 0.15) is 5.56 Å². The Balaban J connectivity index is 1.72. The second-order valence-electron chi connectivity index (χ2n) is 5.58. The van der Waals surface area contributed by atoms with Crippen molar-refractivity contribution in [3.63, 3.8) is 0 Å². The first kappa shape index (κ1) is 21.0. The number of carbonyl (C=O) groups excluding carboxylic acids is 2. The molecule has 0 bridgehead atoms. The molecule has 0 amide bonds. The SMILES string of the molecule is O=C(OCCc1ccc([N+](=O)[O-])cc1)C(=O)OCCS(=O)(=O)c1ccccc1. The van der Waals surface area contributed by atoms with Crippen LogP contribution in [0.15, 0.2) is 59.5 Å². The molecule has 0 atom stereocenters. The number of hydrogen-bond donors (Lipinski definition) is 0. The summed E-state index contributed by atoms with van der Waals surface area (Å²) in [6.07, 6.45) is 0.249. The van der Waals surface area contributed by atoms with E-state index in [4.69, 9.17) is 4.74 Å². The Morgan fingerprint density at radius 2 is 1.46 bits per heavy atom. The second kappa shape index (κ2) is 9.60. The smallest absolute Gasteiger partial charge is 0.417 e. The van der Waals surface area contributed by atoms with Crippen molar-refractivity contribution in [1.82, 2.24) is 0 Å². The van der Waals surface area contributed by atoms with E-state index in [9.17, 15) is 28.1 Å². The molecular weight excluding hydrogens is 390 g/mol. The Morgan fingerprint density at radius 3 is 2.04 bits per heavy atom. The number of sulfone groups is 1. The summed E-state index contributed by atoms with van der Waals surface area (Å²) in [6.45, 7) is -0.610. The second-order valence-corrected chi connectivity index (χ2v) is 7.69. The summed E-state index contributed by atoms with van der Waals surface area (Å²) in [5.41, 5.74) is 0.621. The van der Waals surface area contributed by atoms with Gasteiger partial charge in [0.05, 0.1) is 22.2 Å². The lowest BCUT2D eigenvalue weighted by atomic mass is 10.1. The Hall–Kier alpha value is -3.27. The van der Waals surface area contributed by atoms with Crippen LogP contribution in [0.5, 0.6) is 0 Å². The quantitative estimate of drug-likeness (QED) is 0.280. The van der Waals surface area contributed by atoms with Gasteiger partial charge in [-0.05, 0) is 17.7 Å². The number of benzene rings is 2. The van der Waals surface area contributed by atoms with E-state index in [1.165, 1.54) is 36.4 Å². The lowest BCUT2D eigenvalue weighted by molar-refractivity contribution is -0.384. The predicted molar refractivity (Wildman–Crippen MR) is 97.2 cm³/mol. The van der Waals surface area contributed by atoms with Crippen molar-refractivity contribution in [2.45, 2.75) is 11.3 Å². The first-order valence-corrected chi connectivity index (χ1v) is 9.80. The van der Waals surface area contributed by atoms with Crippen LogP contribution in [-0.4, -0.2) is 44.2 Å². The number of carbonyl (C=O) groups is 2. The molecule has 2 aromatic carbocycles. The zero-order valence-electron chi connectivity index (χ0n) is 14.6. The summed E-state index contributed by atoms with van der Waals surface area (Å²) < 4.78 is 33.5. The number of rotatable bonds is 8. The van der Waals surface area contributed by atoms with Gasteiger partial charge in [-0.3, -0.25) is 10.1 Å². The van der Waals surface area contributed by atoms with Crippen LogP contribution >= 0.6 is 0 Å². The van der Waals surface area contributed by atoms with Gasteiger partial charge in [-0.2, -0.15) is 0 Å². The van der Waals surface area contributed by atoms with Crippen molar-refractivity contribution in [2.24, 2.45) is 0 Å². The molecule has 0 saturated carbocycles. The van der Waals surface area contributed by atoms with Gasteiger partial charge in [-0.1, -0.05) is 30.3 Å². The van der Waals surface area contributed by atoms with E-state index in [1.54, 1.807) is 18.2 Å². The highest BCUT2D eigenvalue weighted by molar-refractivity contribution is 7.91. The normalized spacial score (nSPS) is 10.9. The van der Waals surface area contributed by atoms with Gasteiger partial charge in [-0.25, -0.2) is 18.0 Å². The van der Waals surface area contributed by atoms with Crippen LogP contribution in [0.4, 0.5) is 5.69 Å². The number of nitro benzene ring substituents is 1. The molecule has 0 aliphatic rings. The molecule has 0 aromatic heterocycles. The minimum Gasteiger partial charge on any atom is -0.457 e. The molecule has 0 fully saturated rings. The maximum Gasteiger partial charge on any atom is 0.417 e. The van der Waals surface area contributed by atoms with E-state index in [2.05, 4.69) is 4.74 Å². The van der Waals surface area contributed by atoms with Gasteiger partial charge in [0.15, 0.2) is 9.84 Å². The molecule has 148 valence electrons. The van der Waals surface area contributed by atoms with Gasteiger partial charge in [0.2, 0.25) is 0 Å². The average Bonchev–Trinajstić information content (AvgIpc) is 2.68. The van der Waals surface area contributed by atoms with Crippen LogP contribution in [0.2, 0.25) is 0 Å². The summed E-state index contributed by atoms with van der Waals surface area (Å²) in [5, 5.41) is 10.6. The molecule has 28 heavy (non-hydrogen) atoms. The van der Waals surface area contributed by atoms with Gasteiger partial charge >= 0.3 is 11.9 Å². The lowest BCUT2D eigenvalue weighted by Crippen LogP contribution is -2.24. The van der Waals surface area contributed by atoms with Crippen molar-refractivity contribution in [1.29, 1.82) is 0 Å². The van der Waals surface area contributed by atoms with E-state index in [0.29, 0.717) is 5.56 Å². The van der Waals surface area contributed by atoms with Gasteiger partial charge in [0.1, 0.15) is 6.61 Å². The van der Waals surface area contributed by atoms with Crippen molar-refractivity contribution >= 4 is 27.5 Å². The Morgan fingerprint density at radius 1 is 0.893 bits per heavy atom. The van der Waals surface area contributed by atoms with Crippen molar-refractivity contribution in [3.8, 4) is 0 Å². The van der Waals surface area contributed by atoms with E-state index in [0.717, 1.165) is 0 Å². The van der Waals surface area contributed by atoms with Crippen molar-refractivity contribution in [2.75, 3.05) is 19.0 Å². The molecule has 0 aliphatic carbocycles. The van der Waals surface area contributed by atoms with Crippen LogP contribution < -0.4 is 0 Å². The van der Waals surface area contributed by atoms with E-state index in [1.807, 2.05) is 0 Å². The standard InChI is InChI=1S/C18H17NO8S/c20-17(26-11-10-14-6-8-15(9-7-14)19(22)23)18(21)27-12-13-28(24,25)16-4-2-1-3-5-16/h1-9H,10-13H2. The molecule has 0 N–H and O–H groups in total. The lowest BCUT2D eigenvalue weighted by Gasteiger charge is -2.07. The molecule has 0 unspecified atom stereocenters. The van der Waals surface area contributed by atoms with Crippen molar-refractivity contribution in [3.05, 3.63) is 70.3 Å². The molecule has 2 aromatic rings. The number of nitrogens with zero attached hydrogens (tertiary/aromatic N) is 1. The third kappa shape index (κ3) is 6.16. The Labute approximate surface area is 161 Å². The maximum absolute atomic E-state index is 12.0. The van der Waals surface area contributed by atoms with Crippen LogP contribution in [-0.2, 0) is 35.3 Å². The van der Waals surface area contributed by atoms with Gasteiger partial charge in [0.25, 0.3) is 5.69 Å². The highest BCUT2D eigenvalue weighted by atomic mass is 32.2. The molecule has 10 heteroatoms. The fraction of sp³-hybridized carbons (Fsp3) is 0.222. The molecule has 0 heterocycles. The highest BCUT2D eigenvalue weighted by Gasteiger charge is 2.20. The highest BCUT2D eigenvalue weighted by Crippen LogP contribution is 2.12. The summed E-state index contributed by atoms with van der Waals surface area (Å²) in [6, 6.07) is 13.3. The van der Waals surface area contributed by atoms with E-state index >= 15 is 0 Å². The summed E-state index contributed by atoms with van der Waals surface area (Å²) in [7, 11) is -3.62. The van der Waals surface area contributed by atoms with Crippen LogP contribution in [0.25, 0.3) is 0 Å².